The van der Waals surface area contributed by atoms with Gasteiger partial charge in [-0.2, -0.15) is 0 Å². The summed E-state index contributed by atoms with van der Waals surface area (Å²) in [6, 6.07) is 9.23. The van der Waals surface area contributed by atoms with E-state index in [0.29, 0.717) is 11.3 Å². The van der Waals surface area contributed by atoms with Gasteiger partial charge in [-0.05, 0) is 12.5 Å². The molecule has 17 heavy (non-hydrogen) atoms. The smallest absolute Gasteiger partial charge is 0.342 e. The van der Waals surface area contributed by atoms with Crippen molar-refractivity contribution >= 4 is 17.3 Å². The number of ether oxygens (including phenoxy) is 1. The summed E-state index contributed by atoms with van der Waals surface area (Å²) in [4.78, 5) is 23.0. The van der Waals surface area contributed by atoms with E-state index in [1.807, 2.05) is 30.3 Å². The standard InChI is InChI=1S/C13H13NO3/c1-8-11(10-6-4-3-5-7-10)13(16)17-12(14-8)9(2)15/h3-7,12,14H,1-2H3. The van der Waals surface area contributed by atoms with E-state index in [0.717, 1.165) is 5.56 Å². The largest absolute Gasteiger partial charge is 0.431 e. The van der Waals surface area contributed by atoms with Gasteiger partial charge in [0.05, 0.1) is 5.57 Å². The summed E-state index contributed by atoms with van der Waals surface area (Å²) in [5, 5.41) is 2.88. The Bertz CT molecular complexity index is 491. The molecule has 1 atom stereocenters. The first kappa shape index (κ1) is 11.4. The lowest BCUT2D eigenvalue weighted by atomic mass is 10.0. The molecule has 1 heterocycles. The summed E-state index contributed by atoms with van der Waals surface area (Å²) in [6.07, 6.45) is -0.866. The number of hydrogen-bond donors (Lipinski definition) is 1. The lowest BCUT2D eigenvalue weighted by Gasteiger charge is -2.25. The van der Waals surface area contributed by atoms with Crippen LogP contribution in [0.5, 0.6) is 0 Å². The summed E-state index contributed by atoms with van der Waals surface area (Å²) in [5.74, 6) is -0.683. The van der Waals surface area contributed by atoms with E-state index >= 15 is 0 Å². The lowest BCUT2D eigenvalue weighted by Crippen LogP contribution is -2.43. The number of carbonyl (C=O) groups excluding carboxylic acids is 2. The van der Waals surface area contributed by atoms with Crippen LogP contribution in [0.25, 0.3) is 5.57 Å². The van der Waals surface area contributed by atoms with Crippen molar-refractivity contribution in [2.24, 2.45) is 0 Å². The number of hydrogen-bond acceptors (Lipinski definition) is 4. The van der Waals surface area contributed by atoms with Gasteiger partial charge in [-0.3, -0.25) is 4.79 Å². The molecule has 0 spiro atoms. The Morgan fingerprint density at radius 3 is 2.47 bits per heavy atom. The topological polar surface area (TPSA) is 55.4 Å². The fourth-order valence-electron chi connectivity index (χ4n) is 1.74. The van der Waals surface area contributed by atoms with Gasteiger partial charge in [0.1, 0.15) is 0 Å². The second-order valence-corrected chi connectivity index (χ2v) is 3.91. The molecule has 1 N–H and O–H groups in total. The number of benzene rings is 1. The van der Waals surface area contributed by atoms with E-state index in [1.165, 1.54) is 6.92 Å². The summed E-state index contributed by atoms with van der Waals surface area (Å²) in [5.41, 5.74) is 1.92. The van der Waals surface area contributed by atoms with Crippen molar-refractivity contribution in [2.45, 2.75) is 20.1 Å². The highest BCUT2D eigenvalue weighted by atomic mass is 16.6. The van der Waals surface area contributed by atoms with Crippen LogP contribution >= 0.6 is 0 Å². The second-order valence-electron chi connectivity index (χ2n) is 3.91. The van der Waals surface area contributed by atoms with Crippen LogP contribution in [0, 0.1) is 0 Å². The Labute approximate surface area is 99.3 Å². The SMILES string of the molecule is CC(=O)C1NC(C)=C(c2ccccc2)C(=O)O1. The van der Waals surface area contributed by atoms with Crippen LogP contribution in [0.2, 0.25) is 0 Å². The molecule has 0 aromatic heterocycles. The molecule has 1 aliphatic rings. The quantitative estimate of drug-likeness (QED) is 0.783. The van der Waals surface area contributed by atoms with Crippen LogP contribution in [0.15, 0.2) is 36.0 Å². The highest BCUT2D eigenvalue weighted by Gasteiger charge is 2.29. The van der Waals surface area contributed by atoms with Crippen molar-refractivity contribution in [1.82, 2.24) is 5.32 Å². The Kier molecular flexibility index (Phi) is 2.95. The zero-order valence-electron chi connectivity index (χ0n) is 9.69. The molecule has 1 aromatic rings. The van der Waals surface area contributed by atoms with E-state index in [-0.39, 0.29) is 5.78 Å². The number of esters is 1. The number of cyclic esters (lactones) is 1. The summed E-state index contributed by atoms with van der Waals surface area (Å²) < 4.78 is 5.03. The minimum absolute atomic E-state index is 0.218. The van der Waals surface area contributed by atoms with Gasteiger partial charge < -0.3 is 10.1 Å². The molecule has 0 amide bonds. The highest BCUT2D eigenvalue weighted by molar-refractivity contribution is 6.18. The zero-order valence-corrected chi connectivity index (χ0v) is 9.69. The number of allylic oxidation sites excluding steroid dienone is 1. The third kappa shape index (κ3) is 2.20. The predicted octanol–water partition coefficient (Wildman–Crippen LogP) is 1.48. The van der Waals surface area contributed by atoms with Gasteiger partial charge in [-0.15, -0.1) is 0 Å². The normalized spacial score (nSPS) is 19.6. The molecule has 1 aromatic carbocycles. The predicted molar refractivity (Wildman–Crippen MR) is 62.7 cm³/mol. The maximum atomic E-state index is 11.8. The monoisotopic (exact) mass is 231 g/mol. The molecule has 0 bridgehead atoms. The van der Waals surface area contributed by atoms with Gasteiger partial charge in [-0.25, -0.2) is 4.79 Å². The fourth-order valence-corrected chi connectivity index (χ4v) is 1.74. The third-order valence-corrected chi connectivity index (χ3v) is 2.58. The van der Waals surface area contributed by atoms with Gasteiger partial charge in [0, 0.05) is 12.6 Å². The molecular formula is C13H13NO3. The van der Waals surface area contributed by atoms with E-state index < -0.39 is 12.2 Å². The summed E-state index contributed by atoms with van der Waals surface area (Å²) in [7, 11) is 0. The number of carbonyl (C=O) groups is 2. The first-order valence-corrected chi connectivity index (χ1v) is 5.34. The Morgan fingerprint density at radius 2 is 1.94 bits per heavy atom. The van der Waals surface area contributed by atoms with Crippen molar-refractivity contribution in [1.29, 1.82) is 0 Å². The van der Waals surface area contributed by atoms with Crippen molar-refractivity contribution in [2.75, 3.05) is 0 Å². The van der Waals surface area contributed by atoms with Crippen molar-refractivity contribution in [3.05, 3.63) is 41.6 Å². The maximum absolute atomic E-state index is 11.8. The highest BCUT2D eigenvalue weighted by Crippen LogP contribution is 2.23. The van der Waals surface area contributed by atoms with Crippen molar-refractivity contribution in [3.63, 3.8) is 0 Å². The number of rotatable bonds is 2. The molecule has 0 radical (unpaired) electrons. The lowest BCUT2D eigenvalue weighted by molar-refractivity contribution is -0.151. The molecule has 0 saturated carbocycles. The van der Waals surface area contributed by atoms with Crippen molar-refractivity contribution < 1.29 is 14.3 Å². The molecule has 2 rings (SSSR count). The summed E-state index contributed by atoms with van der Waals surface area (Å²) in [6.45, 7) is 3.14. The maximum Gasteiger partial charge on any atom is 0.342 e. The molecule has 1 unspecified atom stereocenters. The molecule has 4 nitrogen and oxygen atoms in total. The van der Waals surface area contributed by atoms with Gasteiger partial charge >= 0.3 is 5.97 Å². The van der Waals surface area contributed by atoms with Gasteiger partial charge in [0.25, 0.3) is 0 Å². The first-order chi connectivity index (χ1) is 8.09. The molecule has 4 heteroatoms. The van der Waals surface area contributed by atoms with Gasteiger partial charge in [-0.1, -0.05) is 30.3 Å². The van der Waals surface area contributed by atoms with Gasteiger partial charge in [0.15, 0.2) is 5.78 Å². The van der Waals surface area contributed by atoms with E-state index in [9.17, 15) is 9.59 Å². The van der Waals surface area contributed by atoms with Crippen LogP contribution in [0.3, 0.4) is 0 Å². The van der Waals surface area contributed by atoms with Crippen LogP contribution in [-0.4, -0.2) is 18.0 Å². The number of Topliss-reactive ketones (excluding diaryl/α,β-unsaturated/α-hetero) is 1. The Morgan fingerprint density at radius 1 is 1.29 bits per heavy atom. The minimum atomic E-state index is -0.866. The molecule has 0 saturated heterocycles. The average Bonchev–Trinajstić information content (AvgIpc) is 2.29. The van der Waals surface area contributed by atoms with Crippen molar-refractivity contribution in [3.8, 4) is 0 Å². The van der Waals surface area contributed by atoms with Crippen LogP contribution in [-0.2, 0) is 14.3 Å². The van der Waals surface area contributed by atoms with Crippen LogP contribution in [0.1, 0.15) is 19.4 Å². The molecule has 0 aliphatic carbocycles. The fraction of sp³-hybridized carbons (Fsp3) is 0.231. The molecule has 1 aliphatic heterocycles. The van der Waals surface area contributed by atoms with Crippen LogP contribution < -0.4 is 5.32 Å². The minimum Gasteiger partial charge on any atom is -0.431 e. The molecular weight excluding hydrogens is 218 g/mol. The van der Waals surface area contributed by atoms with Gasteiger partial charge in [0.2, 0.25) is 6.23 Å². The van der Waals surface area contributed by atoms with Crippen LogP contribution in [0.4, 0.5) is 0 Å². The Hall–Kier alpha value is -2.10. The molecule has 0 fully saturated rings. The molecule has 88 valence electrons. The van der Waals surface area contributed by atoms with E-state index in [1.54, 1.807) is 6.92 Å². The average molecular weight is 231 g/mol. The Balaban J connectivity index is 2.38. The summed E-state index contributed by atoms with van der Waals surface area (Å²) >= 11 is 0. The number of nitrogens with one attached hydrogen (secondary N) is 1. The second kappa shape index (κ2) is 4.41. The third-order valence-electron chi connectivity index (χ3n) is 2.58. The van der Waals surface area contributed by atoms with E-state index in [4.69, 9.17) is 4.74 Å². The number of ketones is 1. The first-order valence-electron chi connectivity index (χ1n) is 5.34. The zero-order chi connectivity index (χ0) is 12.4. The van der Waals surface area contributed by atoms with E-state index in [2.05, 4.69) is 5.32 Å².